The predicted octanol–water partition coefficient (Wildman–Crippen LogP) is 2.30. The van der Waals surface area contributed by atoms with Crippen LogP contribution in [0.2, 0.25) is 0 Å². The Morgan fingerprint density at radius 3 is 2.60 bits per heavy atom. The molecule has 2 heterocycles. The van der Waals surface area contributed by atoms with Gasteiger partial charge >= 0.3 is 0 Å². The Balaban J connectivity index is 1.66. The van der Waals surface area contributed by atoms with Crippen LogP contribution in [0.1, 0.15) is 15.9 Å². The van der Waals surface area contributed by atoms with Gasteiger partial charge in [0.15, 0.2) is 0 Å². The molecule has 7 heteroatoms. The summed E-state index contributed by atoms with van der Waals surface area (Å²) in [4.78, 5) is 16.4. The van der Waals surface area contributed by atoms with Gasteiger partial charge in [0.1, 0.15) is 17.0 Å². The number of pyridine rings is 1. The van der Waals surface area contributed by atoms with Crippen molar-refractivity contribution in [2.45, 2.75) is 6.42 Å². The highest BCUT2D eigenvalue weighted by Crippen LogP contribution is 2.26. The van der Waals surface area contributed by atoms with Gasteiger partial charge in [-0.3, -0.25) is 9.78 Å². The molecule has 1 amide bonds. The predicted molar refractivity (Wildman–Crippen MR) is 93.2 cm³/mol. The fourth-order valence-electron chi connectivity index (χ4n) is 2.43. The van der Waals surface area contributed by atoms with Crippen LogP contribution in [0.4, 0.5) is 5.88 Å². The third-order valence-electron chi connectivity index (χ3n) is 3.76. The maximum Gasteiger partial charge on any atom is 0.259 e. The average molecular weight is 338 g/mol. The molecule has 7 nitrogen and oxygen atoms in total. The van der Waals surface area contributed by atoms with Crippen molar-refractivity contribution in [2.24, 2.45) is 0 Å². The molecule has 3 N–H and O–H groups in total. The number of hydrogen-bond donors (Lipinski definition) is 2. The second-order valence-corrected chi connectivity index (χ2v) is 5.36. The molecule has 0 aliphatic rings. The number of carbonyl (C=O) groups excluding carboxylic acids is 1. The van der Waals surface area contributed by atoms with Crippen LogP contribution in [0.5, 0.6) is 5.75 Å². The van der Waals surface area contributed by atoms with Gasteiger partial charge in [-0.25, -0.2) is 0 Å². The number of rotatable bonds is 6. The van der Waals surface area contributed by atoms with Crippen molar-refractivity contribution < 1.29 is 14.1 Å². The molecule has 0 unspecified atom stereocenters. The summed E-state index contributed by atoms with van der Waals surface area (Å²) >= 11 is 0. The zero-order valence-electron chi connectivity index (χ0n) is 13.7. The van der Waals surface area contributed by atoms with Crippen molar-refractivity contribution in [1.82, 2.24) is 15.5 Å². The zero-order valence-corrected chi connectivity index (χ0v) is 13.7. The molecule has 1 aromatic carbocycles. The maximum absolute atomic E-state index is 12.5. The molecule has 0 bridgehead atoms. The van der Waals surface area contributed by atoms with Crippen molar-refractivity contribution >= 4 is 11.8 Å². The van der Waals surface area contributed by atoms with Crippen LogP contribution in [0.25, 0.3) is 11.3 Å². The number of nitrogens with two attached hydrogens (primary N) is 1. The van der Waals surface area contributed by atoms with Crippen molar-refractivity contribution in [3.63, 3.8) is 0 Å². The monoisotopic (exact) mass is 338 g/mol. The lowest BCUT2D eigenvalue weighted by atomic mass is 10.1. The highest BCUT2D eigenvalue weighted by Gasteiger charge is 2.22. The Labute approximate surface area is 144 Å². The lowest BCUT2D eigenvalue weighted by Crippen LogP contribution is -2.26. The zero-order chi connectivity index (χ0) is 17.6. The van der Waals surface area contributed by atoms with Gasteiger partial charge in [-0.2, -0.15) is 0 Å². The van der Waals surface area contributed by atoms with E-state index in [0.29, 0.717) is 18.7 Å². The summed E-state index contributed by atoms with van der Waals surface area (Å²) in [7, 11) is 1.62. The van der Waals surface area contributed by atoms with Crippen molar-refractivity contribution in [3.8, 4) is 17.0 Å². The first kappa shape index (κ1) is 16.5. The number of ether oxygens (including phenoxy) is 1. The van der Waals surface area contributed by atoms with Crippen LogP contribution < -0.4 is 15.8 Å². The van der Waals surface area contributed by atoms with Crippen LogP contribution >= 0.6 is 0 Å². The number of nitrogens with one attached hydrogen (secondary N) is 1. The standard InChI is InChI=1S/C18H18N4O3/c1-24-14-4-2-12(3-5-14)6-11-21-18(23)15-16(22-25-17(15)19)13-7-9-20-10-8-13/h2-5,7-10H,6,11,19H2,1H3,(H,21,23). The summed E-state index contributed by atoms with van der Waals surface area (Å²) in [5.41, 5.74) is 8.23. The molecule has 0 radical (unpaired) electrons. The molecule has 2 aromatic heterocycles. The molecule has 0 saturated heterocycles. The number of anilines is 1. The molecule has 3 rings (SSSR count). The van der Waals surface area contributed by atoms with Gasteiger partial charge < -0.3 is 20.3 Å². The minimum absolute atomic E-state index is 0.00578. The number of methoxy groups -OCH3 is 1. The van der Waals surface area contributed by atoms with E-state index in [-0.39, 0.29) is 17.4 Å². The van der Waals surface area contributed by atoms with Crippen LogP contribution in [-0.4, -0.2) is 29.7 Å². The third kappa shape index (κ3) is 3.77. The number of nitrogen functional groups attached to an aromatic ring is 1. The molecule has 128 valence electrons. The van der Waals surface area contributed by atoms with Gasteiger partial charge in [0.25, 0.3) is 5.91 Å². The first-order chi connectivity index (χ1) is 12.2. The molecule has 0 saturated carbocycles. The van der Waals surface area contributed by atoms with Crippen molar-refractivity contribution in [3.05, 3.63) is 59.9 Å². The van der Waals surface area contributed by atoms with Gasteiger partial charge in [0.05, 0.1) is 7.11 Å². The van der Waals surface area contributed by atoms with Crippen LogP contribution in [-0.2, 0) is 6.42 Å². The summed E-state index contributed by atoms with van der Waals surface area (Å²) < 4.78 is 10.1. The Morgan fingerprint density at radius 1 is 1.20 bits per heavy atom. The minimum atomic E-state index is -0.320. The SMILES string of the molecule is COc1ccc(CCNC(=O)c2c(-c3ccncc3)noc2N)cc1. The first-order valence-corrected chi connectivity index (χ1v) is 7.75. The second kappa shape index (κ2) is 7.48. The first-order valence-electron chi connectivity index (χ1n) is 7.75. The molecule has 0 spiro atoms. The van der Waals surface area contributed by atoms with Gasteiger partial charge in [-0.1, -0.05) is 17.3 Å². The summed E-state index contributed by atoms with van der Waals surface area (Å²) in [5.74, 6) is 0.472. The number of nitrogens with zero attached hydrogens (tertiary/aromatic N) is 2. The Morgan fingerprint density at radius 2 is 1.92 bits per heavy atom. The molecular weight excluding hydrogens is 320 g/mol. The molecule has 0 aliphatic heterocycles. The largest absolute Gasteiger partial charge is 0.497 e. The number of carbonyl (C=O) groups is 1. The molecule has 0 fully saturated rings. The van der Waals surface area contributed by atoms with Crippen LogP contribution in [0.15, 0.2) is 53.3 Å². The molecule has 25 heavy (non-hydrogen) atoms. The van der Waals surface area contributed by atoms with E-state index in [1.807, 2.05) is 24.3 Å². The molecule has 3 aromatic rings. The summed E-state index contributed by atoms with van der Waals surface area (Å²) in [6, 6.07) is 11.2. The van der Waals surface area contributed by atoms with E-state index in [2.05, 4.69) is 15.5 Å². The van der Waals surface area contributed by atoms with E-state index >= 15 is 0 Å². The van der Waals surface area contributed by atoms with Gasteiger partial charge in [0, 0.05) is 24.5 Å². The maximum atomic E-state index is 12.5. The number of aromatic nitrogens is 2. The Bertz CT molecular complexity index is 845. The highest BCUT2D eigenvalue weighted by atomic mass is 16.5. The van der Waals surface area contributed by atoms with Crippen LogP contribution in [0.3, 0.4) is 0 Å². The number of amides is 1. The second-order valence-electron chi connectivity index (χ2n) is 5.36. The summed E-state index contributed by atoms with van der Waals surface area (Å²) in [6.45, 7) is 0.464. The normalized spacial score (nSPS) is 10.4. The van der Waals surface area contributed by atoms with E-state index in [1.165, 1.54) is 0 Å². The fraction of sp³-hybridized carbons (Fsp3) is 0.167. The molecule has 0 aliphatic carbocycles. The van der Waals surface area contributed by atoms with E-state index in [0.717, 1.165) is 16.9 Å². The summed E-state index contributed by atoms with van der Waals surface area (Å²) in [6.07, 6.45) is 3.92. The molecule has 0 atom stereocenters. The lowest BCUT2D eigenvalue weighted by Gasteiger charge is -2.06. The third-order valence-corrected chi connectivity index (χ3v) is 3.76. The smallest absolute Gasteiger partial charge is 0.259 e. The number of hydrogen-bond acceptors (Lipinski definition) is 6. The van der Waals surface area contributed by atoms with Crippen molar-refractivity contribution in [2.75, 3.05) is 19.4 Å². The van der Waals surface area contributed by atoms with E-state index < -0.39 is 0 Å². The Kier molecular flexibility index (Phi) is 4.94. The summed E-state index contributed by atoms with van der Waals surface area (Å²) in [5, 5.41) is 6.74. The highest BCUT2D eigenvalue weighted by molar-refractivity contribution is 6.03. The topological polar surface area (TPSA) is 103 Å². The van der Waals surface area contributed by atoms with E-state index in [1.54, 1.807) is 31.6 Å². The van der Waals surface area contributed by atoms with Gasteiger partial charge in [0.2, 0.25) is 5.88 Å². The average Bonchev–Trinajstić information content (AvgIpc) is 3.04. The Hall–Kier alpha value is -3.35. The minimum Gasteiger partial charge on any atom is -0.497 e. The lowest BCUT2D eigenvalue weighted by molar-refractivity contribution is 0.0955. The quantitative estimate of drug-likeness (QED) is 0.715. The number of benzene rings is 1. The fourth-order valence-corrected chi connectivity index (χ4v) is 2.43. The van der Waals surface area contributed by atoms with Gasteiger partial charge in [-0.15, -0.1) is 0 Å². The van der Waals surface area contributed by atoms with Crippen LogP contribution in [0, 0.1) is 0 Å². The van der Waals surface area contributed by atoms with E-state index in [4.69, 9.17) is 15.0 Å². The van der Waals surface area contributed by atoms with E-state index in [9.17, 15) is 4.79 Å². The molecular formula is C18H18N4O3. The van der Waals surface area contributed by atoms with Gasteiger partial charge in [-0.05, 0) is 36.2 Å². The van der Waals surface area contributed by atoms with Crippen molar-refractivity contribution in [1.29, 1.82) is 0 Å².